The minimum atomic E-state index is -0.470. The third-order valence-electron chi connectivity index (χ3n) is 12.8. The van der Waals surface area contributed by atoms with E-state index in [1.807, 2.05) is 11.8 Å². The first-order valence-corrected chi connectivity index (χ1v) is 21.8. The number of nitrogens with zero attached hydrogens (tertiary/aromatic N) is 1. The first-order valence-electron chi connectivity index (χ1n) is 21.0. The highest BCUT2D eigenvalue weighted by Gasteiger charge is 2.51. The lowest BCUT2D eigenvalue weighted by Crippen LogP contribution is -2.32. The summed E-state index contributed by atoms with van der Waals surface area (Å²) in [6, 6.07) is 87.2. The molecule has 0 amide bonds. The van der Waals surface area contributed by atoms with Crippen LogP contribution in [0.15, 0.2) is 246 Å². The van der Waals surface area contributed by atoms with E-state index in [2.05, 4.69) is 241 Å². The number of rotatable bonds is 6. The summed E-state index contributed by atoms with van der Waals surface area (Å²) in [7, 11) is 0. The van der Waals surface area contributed by atoms with Crippen LogP contribution in [0, 0.1) is 0 Å². The van der Waals surface area contributed by atoms with Crippen molar-refractivity contribution >= 4 is 39.6 Å². The monoisotopic (exact) mass is 793 g/mol. The molecule has 10 aromatic carbocycles. The van der Waals surface area contributed by atoms with Crippen LogP contribution in [0.3, 0.4) is 0 Å². The maximum absolute atomic E-state index is 2.51. The van der Waals surface area contributed by atoms with Crippen LogP contribution in [0.25, 0.3) is 55.3 Å². The number of hydrogen-bond donors (Lipinski definition) is 0. The summed E-state index contributed by atoms with van der Waals surface area (Å²) in [5, 5.41) is 2.50. The van der Waals surface area contributed by atoms with Crippen molar-refractivity contribution in [3.63, 3.8) is 0 Å². The summed E-state index contributed by atoms with van der Waals surface area (Å²) in [5.41, 5.74) is 18.0. The summed E-state index contributed by atoms with van der Waals surface area (Å²) in [4.78, 5) is 5.12. The van der Waals surface area contributed by atoms with E-state index in [9.17, 15) is 0 Å². The normalized spacial score (nSPS) is 13.0. The summed E-state index contributed by atoms with van der Waals surface area (Å²) < 4.78 is 0. The van der Waals surface area contributed by atoms with Crippen LogP contribution in [0.4, 0.5) is 17.1 Å². The van der Waals surface area contributed by atoms with Gasteiger partial charge in [-0.3, -0.25) is 0 Å². The van der Waals surface area contributed by atoms with E-state index in [4.69, 9.17) is 0 Å². The second kappa shape index (κ2) is 14.4. The van der Waals surface area contributed by atoms with E-state index in [0.29, 0.717) is 0 Å². The Morgan fingerprint density at radius 3 is 1.39 bits per heavy atom. The number of fused-ring (bicyclic) bond motifs is 10. The molecule has 0 N–H and O–H groups in total. The highest BCUT2D eigenvalue weighted by molar-refractivity contribution is 7.99. The predicted octanol–water partition coefficient (Wildman–Crippen LogP) is 16.1. The number of anilines is 3. The van der Waals surface area contributed by atoms with Gasteiger partial charge in [0.1, 0.15) is 0 Å². The van der Waals surface area contributed by atoms with Crippen molar-refractivity contribution in [3.8, 4) is 44.5 Å². The van der Waals surface area contributed by atoms with Gasteiger partial charge >= 0.3 is 0 Å². The van der Waals surface area contributed by atoms with E-state index in [1.54, 1.807) is 0 Å². The molecule has 1 aliphatic carbocycles. The lowest BCUT2D eigenvalue weighted by atomic mass is 9.67. The van der Waals surface area contributed by atoms with E-state index in [0.717, 1.165) is 17.1 Å². The largest absolute Gasteiger partial charge is 0.309 e. The molecular formula is C59H39NS. The molecule has 0 saturated carbocycles. The Balaban J connectivity index is 1.09. The Kier molecular flexibility index (Phi) is 8.40. The SMILES string of the molecule is c1ccc(-c2ccccc2N(c2ccc(-c3ccc(-c4ccccc4)c4ccccc34)cc2)c2cccc3c2-c2ccccc2C32c3ccccc3Sc3ccccc32)cc1. The van der Waals surface area contributed by atoms with Gasteiger partial charge in [0.2, 0.25) is 0 Å². The summed E-state index contributed by atoms with van der Waals surface area (Å²) in [6.07, 6.45) is 0. The second-order valence-corrected chi connectivity index (χ2v) is 17.0. The van der Waals surface area contributed by atoms with E-state index in [-0.39, 0.29) is 0 Å². The van der Waals surface area contributed by atoms with Crippen molar-refractivity contribution in [3.05, 3.63) is 259 Å². The maximum Gasteiger partial charge on any atom is 0.0736 e. The van der Waals surface area contributed by atoms with Crippen LogP contribution in [0.2, 0.25) is 0 Å². The molecule has 1 heterocycles. The second-order valence-electron chi connectivity index (χ2n) is 15.9. The topological polar surface area (TPSA) is 3.24 Å². The molecule has 0 radical (unpaired) electrons. The number of para-hydroxylation sites is 1. The molecule has 10 aromatic rings. The minimum absolute atomic E-state index is 0.470. The van der Waals surface area contributed by atoms with E-state index >= 15 is 0 Å². The first-order chi connectivity index (χ1) is 30.3. The van der Waals surface area contributed by atoms with Crippen LogP contribution >= 0.6 is 11.8 Å². The van der Waals surface area contributed by atoms with Gasteiger partial charge in [0, 0.05) is 26.6 Å². The first kappa shape index (κ1) is 35.5. The fourth-order valence-corrected chi connectivity index (χ4v) is 11.4. The van der Waals surface area contributed by atoms with Gasteiger partial charge in [0.15, 0.2) is 0 Å². The van der Waals surface area contributed by atoms with Gasteiger partial charge in [-0.05, 0) is 103 Å². The zero-order valence-electron chi connectivity index (χ0n) is 33.4. The maximum atomic E-state index is 2.51. The Morgan fingerprint density at radius 2 is 0.754 bits per heavy atom. The van der Waals surface area contributed by atoms with Crippen LogP contribution < -0.4 is 4.90 Å². The van der Waals surface area contributed by atoms with Crippen LogP contribution in [0.5, 0.6) is 0 Å². The molecule has 0 aromatic heterocycles. The van der Waals surface area contributed by atoms with E-state index < -0.39 is 5.41 Å². The van der Waals surface area contributed by atoms with Crippen LogP contribution in [0.1, 0.15) is 22.3 Å². The molecule has 1 spiro atoms. The molecule has 2 aliphatic rings. The zero-order valence-corrected chi connectivity index (χ0v) is 34.2. The molecule has 2 heteroatoms. The van der Waals surface area contributed by atoms with Gasteiger partial charge in [0.05, 0.1) is 16.8 Å². The van der Waals surface area contributed by atoms with Crippen LogP contribution in [-0.2, 0) is 5.41 Å². The Hall–Kier alpha value is -7.39. The summed E-state index contributed by atoms with van der Waals surface area (Å²) in [6.45, 7) is 0. The fourth-order valence-electron chi connectivity index (χ4n) is 10.2. The fraction of sp³-hybridized carbons (Fsp3) is 0.0169. The molecular weight excluding hydrogens is 755 g/mol. The highest BCUT2D eigenvalue weighted by Crippen LogP contribution is 2.64. The Morgan fingerprint density at radius 1 is 0.295 bits per heavy atom. The molecule has 1 nitrogen and oxygen atoms in total. The Bertz CT molecular complexity index is 3230. The molecule has 0 saturated heterocycles. The number of benzene rings is 10. The smallest absolute Gasteiger partial charge is 0.0736 e. The third-order valence-corrected chi connectivity index (χ3v) is 13.9. The van der Waals surface area contributed by atoms with Gasteiger partial charge in [0.25, 0.3) is 0 Å². The highest BCUT2D eigenvalue weighted by atomic mass is 32.2. The van der Waals surface area contributed by atoms with Crippen molar-refractivity contribution in [1.82, 2.24) is 0 Å². The third kappa shape index (κ3) is 5.49. The molecule has 1 aliphatic heterocycles. The zero-order chi connectivity index (χ0) is 40.3. The predicted molar refractivity (Wildman–Crippen MR) is 256 cm³/mol. The molecule has 0 bridgehead atoms. The van der Waals surface area contributed by atoms with Gasteiger partial charge < -0.3 is 4.90 Å². The van der Waals surface area contributed by atoms with Crippen molar-refractivity contribution in [2.45, 2.75) is 15.2 Å². The molecule has 12 rings (SSSR count). The standard InChI is InChI=1S/C59H39NS/c1-3-18-40(19-4-1)44-38-39-45(48-24-8-7-23-47(44)48)42-34-36-43(37-35-42)60(54-30-14-10-22-46(54)41-20-5-2-6-21-41)55-31-17-29-53-58(55)49-25-9-11-26-50(49)59(53)51-27-12-15-32-56(51)61-57-33-16-13-28-52(57)59/h1-39H. The van der Waals surface area contributed by atoms with Crippen molar-refractivity contribution < 1.29 is 0 Å². The quantitative estimate of drug-likeness (QED) is 0.165. The van der Waals surface area contributed by atoms with Gasteiger partial charge in [-0.25, -0.2) is 0 Å². The molecule has 0 fully saturated rings. The average Bonchev–Trinajstić information content (AvgIpc) is 3.63. The molecule has 61 heavy (non-hydrogen) atoms. The lowest BCUT2D eigenvalue weighted by Gasteiger charge is -2.39. The molecule has 0 atom stereocenters. The lowest BCUT2D eigenvalue weighted by molar-refractivity contribution is 0.722. The van der Waals surface area contributed by atoms with E-state index in [1.165, 1.54) is 87.3 Å². The molecule has 0 unspecified atom stereocenters. The summed E-state index contributed by atoms with van der Waals surface area (Å²) in [5.74, 6) is 0. The van der Waals surface area contributed by atoms with Crippen LogP contribution in [-0.4, -0.2) is 0 Å². The average molecular weight is 794 g/mol. The summed E-state index contributed by atoms with van der Waals surface area (Å²) >= 11 is 1.89. The van der Waals surface area contributed by atoms with Crippen molar-refractivity contribution in [1.29, 1.82) is 0 Å². The van der Waals surface area contributed by atoms with Gasteiger partial charge in [-0.1, -0.05) is 212 Å². The van der Waals surface area contributed by atoms with Gasteiger partial charge in [-0.15, -0.1) is 0 Å². The molecule has 286 valence electrons. The van der Waals surface area contributed by atoms with Crippen molar-refractivity contribution in [2.24, 2.45) is 0 Å². The van der Waals surface area contributed by atoms with Gasteiger partial charge in [-0.2, -0.15) is 0 Å². The minimum Gasteiger partial charge on any atom is -0.309 e. The Labute approximate surface area is 361 Å². The number of hydrogen-bond acceptors (Lipinski definition) is 2. The van der Waals surface area contributed by atoms with Crippen molar-refractivity contribution in [2.75, 3.05) is 4.90 Å².